The van der Waals surface area contributed by atoms with E-state index in [0.29, 0.717) is 5.89 Å². The van der Waals surface area contributed by atoms with E-state index in [9.17, 15) is 4.79 Å². The zero-order chi connectivity index (χ0) is 16.1. The van der Waals surface area contributed by atoms with Crippen LogP contribution in [0.3, 0.4) is 0 Å². The molecule has 1 aromatic heterocycles. The lowest BCUT2D eigenvalue weighted by Gasteiger charge is -2.34. The molecule has 0 bridgehead atoms. The zero-order valence-electron chi connectivity index (χ0n) is 13.8. The van der Waals surface area contributed by atoms with Crippen LogP contribution in [0.2, 0.25) is 0 Å². The first-order valence-electron chi connectivity index (χ1n) is 7.87. The average Bonchev–Trinajstić information content (AvgIpc) is 2.97. The zero-order valence-corrected chi connectivity index (χ0v) is 13.8. The Morgan fingerprint density at radius 2 is 2.09 bits per heavy atom. The molecule has 1 fully saturated rings. The second-order valence-electron chi connectivity index (χ2n) is 6.13. The van der Waals surface area contributed by atoms with Gasteiger partial charge >= 0.3 is 0 Å². The highest BCUT2D eigenvalue weighted by Crippen LogP contribution is 2.24. The fourth-order valence-corrected chi connectivity index (χ4v) is 2.64. The van der Waals surface area contributed by atoms with Gasteiger partial charge in [0.15, 0.2) is 5.82 Å². The van der Waals surface area contributed by atoms with Gasteiger partial charge in [-0.1, -0.05) is 19.0 Å². The number of likely N-dealkylation sites (tertiary alicyclic amines) is 1. The number of nitrogens with zero attached hydrogens (tertiary/aromatic N) is 3. The Labute approximate surface area is 131 Å². The van der Waals surface area contributed by atoms with Gasteiger partial charge in [-0.25, -0.2) is 0 Å². The molecule has 1 N–H and O–H groups in total. The summed E-state index contributed by atoms with van der Waals surface area (Å²) >= 11 is 0. The Bertz CT molecular complexity index is 481. The molecule has 7 heteroatoms. The Balaban J connectivity index is 1.84. The van der Waals surface area contributed by atoms with Crippen LogP contribution in [0.15, 0.2) is 4.52 Å². The van der Waals surface area contributed by atoms with Crippen LogP contribution in [-0.4, -0.2) is 53.8 Å². The Morgan fingerprint density at radius 1 is 1.41 bits per heavy atom. The maximum absolute atomic E-state index is 11.5. The van der Waals surface area contributed by atoms with E-state index in [0.717, 1.165) is 31.8 Å². The van der Waals surface area contributed by atoms with Crippen molar-refractivity contribution >= 4 is 5.91 Å². The number of rotatable bonds is 6. The van der Waals surface area contributed by atoms with Gasteiger partial charge in [0.1, 0.15) is 6.61 Å². The van der Waals surface area contributed by atoms with Gasteiger partial charge in [-0.15, -0.1) is 0 Å². The van der Waals surface area contributed by atoms with Crippen molar-refractivity contribution < 1.29 is 14.1 Å². The first kappa shape index (κ1) is 16.9. The van der Waals surface area contributed by atoms with Crippen molar-refractivity contribution in [3.05, 3.63) is 11.7 Å². The van der Waals surface area contributed by atoms with E-state index in [4.69, 9.17) is 9.26 Å². The van der Waals surface area contributed by atoms with Crippen molar-refractivity contribution in [1.82, 2.24) is 20.4 Å². The number of nitrogens with one attached hydrogen (secondary N) is 1. The van der Waals surface area contributed by atoms with Crippen molar-refractivity contribution in [3.63, 3.8) is 0 Å². The number of aromatic nitrogens is 2. The van der Waals surface area contributed by atoms with E-state index < -0.39 is 0 Å². The summed E-state index contributed by atoms with van der Waals surface area (Å²) in [5, 5.41) is 7.02. The molecule has 1 aromatic rings. The molecule has 1 aliphatic heterocycles. The number of ether oxygens (including phenoxy) is 1. The standard InChI is InChI=1S/C15H26N4O3/c1-10(2)14-17-15(22-18-14)11(3)19-7-5-12(6-8-19)16-13(20)9-21-4/h10-12H,5-9H2,1-4H3,(H,16,20)/t11-/m1/s1. The lowest BCUT2D eigenvalue weighted by atomic mass is 10.0. The quantitative estimate of drug-likeness (QED) is 0.857. The fraction of sp³-hybridized carbons (Fsp3) is 0.800. The van der Waals surface area contributed by atoms with Crippen LogP contribution in [0.4, 0.5) is 0 Å². The van der Waals surface area contributed by atoms with Gasteiger partial charge in [0.05, 0.1) is 6.04 Å². The molecule has 0 unspecified atom stereocenters. The topological polar surface area (TPSA) is 80.5 Å². The smallest absolute Gasteiger partial charge is 0.246 e. The van der Waals surface area contributed by atoms with Gasteiger partial charge in [0, 0.05) is 32.2 Å². The Kier molecular flexibility index (Phi) is 5.90. The minimum absolute atomic E-state index is 0.0486. The molecule has 1 saturated heterocycles. The van der Waals surface area contributed by atoms with Gasteiger partial charge in [0.2, 0.25) is 11.8 Å². The van der Waals surface area contributed by atoms with Crippen LogP contribution >= 0.6 is 0 Å². The van der Waals surface area contributed by atoms with Gasteiger partial charge in [-0.05, 0) is 19.8 Å². The first-order valence-corrected chi connectivity index (χ1v) is 7.87. The van der Waals surface area contributed by atoms with Crippen LogP contribution in [0.5, 0.6) is 0 Å². The summed E-state index contributed by atoms with van der Waals surface area (Å²) in [6.07, 6.45) is 1.84. The molecular weight excluding hydrogens is 284 g/mol. The van der Waals surface area contributed by atoms with Crippen LogP contribution < -0.4 is 5.32 Å². The molecule has 2 heterocycles. The van der Waals surface area contributed by atoms with E-state index >= 15 is 0 Å². The second kappa shape index (κ2) is 7.69. The highest BCUT2D eigenvalue weighted by Gasteiger charge is 2.27. The van der Waals surface area contributed by atoms with Gasteiger partial charge < -0.3 is 14.6 Å². The number of amides is 1. The third-order valence-electron chi connectivity index (χ3n) is 4.05. The number of carbonyl (C=O) groups excluding carboxylic acids is 1. The van der Waals surface area contributed by atoms with Crippen LogP contribution in [0.25, 0.3) is 0 Å². The predicted molar refractivity (Wildman–Crippen MR) is 81.4 cm³/mol. The van der Waals surface area contributed by atoms with Crippen molar-refractivity contribution in [2.75, 3.05) is 26.8 Å². The largest absolute Gasteiger partial charge is 0.375 e. The Morgan fingerprint density at radius 3 is 2.64 bits per heavy atom. The SMILES string of the molecule is COCC(=O)NC1CCN([C@H](C)c2nc(C(C)C)no2)CC1. The maximum atomic E-state index is 11.5. The van der Waals surface area contributed by atoms with Crippen molar-refractivity contribution in [3.8, 4) is 0 Å². The summed E-state index contributed by atoms with van der Waals surface area (Å²) in [7, 11) is 1.53. The number of hydrogen-bond acceptors (Lipinski definition) is 6. The number of methoxy groups -OCH3 is 1. The minimum atomic E-state index is -0.0486. The normalized spacial score (nSPS) is 18.6. The number of carbonyl (C=O) groups is 1. The predicted octanol–water partition coefficient (Wildman–Crippen LogP) is 1.48. The third kappa shape index (κ3) is 4.27. The molecule has 124 valence electrons. The molecular formula is C15H26N4O3. The molecule has 1 atom stereocenters. The lowest BCUT2D eigenvalue weighted by molar-refractivity contribution is -0.125. The van der Waals surface area contributed by atoms with Crippen LogP contribution in [0, 0.1) is 0 Å². The molecule has 0 radical (unpaired) electrons. The number of hydrogen-bond donors (Lipinski definition) is 1. The highest BCUT2D eigenvalue weighted by atomic mass is 16.5. The summed E-state index contributed by atoms with van der Waals surface area (Å²) in [5.74, 6) is 1.65. The van der Waals surface area contributed by atoms with E-state index in [2.05, 4.69) is 27.3 Å². The van der Waals surface area contributed by atoms with E-state index in [1.165, 1.54) is 7.11 Å². The molecule has 2 rings (SSSR count). The van der Waals surface area contributed by atoms with Crippen LogP contribution in [-0.2, 0) is 9.53 Å². The Hall–Kier alpha value is -1.47. The van der Waals surface area contributed by atoms with E-state index in [1.54, 1.807) is 0 Å². The summed E-state index contributed by atoms with van der Waals surface area (Å²) in [4.78, 5) is 18.3. The molecule has 0 aliphatic carbocycles. The summed E-state index contributed by atoms with van der Waals surface area (Å²) in [6.45, 7) is 8.11. The summed E-state index contributed by atoms with van der Waals surface area (Å²) in [6, 6.07) is 0.329. The molecule has 0 spiro atoms. The van der Waals surface area contributed by atoms with Crippen molar-refractivity contribution in [1.29, 1.82) is 0 Å². The molecule has 22 heavy (non-hydrogen) atoms. The average molecular weight is 310 g/mol. The monoisotopic (exact) mass is 310 g/mol. The summed E-state index contributed by atoms with van der Waals surface area (Å²) < 4.78 is 10.2. The minimum Gasteiger partial charge on any atom is -0.375 e. The maximum Gasteiger partial charge on any atom is 0.246 e. The van der Waals surface area contributed by atoms with E-state index in [-0.39, 0.29) is 30.5 Å². The molecule has 0 aromatic carbocycles. The highest BCUT2D eigenvalue weighted by molar-refractivity contribution is 5.77. The molecule has 0 saturated carbocycles. The van der Waals surface area contributed by atoms with Gasteiger partial charge in [-0.2, -0.15) is 4.98 Å². The molecule has 1 amide bonds. The van der Waals surface area contributed by atoms with E-state index in [1.807, 2.05) is 13.8 Å². The van der Waals surface area contributed by atoms with Gasteiger partial charge in [0.25, 0.3) is 0 Å². The van der Waals surface area contributed by atoms with Crippen molar-refractivity contribution in [2.24, 2.45) is 0 Å². The van der Waals surface area contributed by atoms with Crippen molar-refractivity contribution in [2.45, 2.75) is 51.6 Å². The number of piperidine rings is 1. The second-order valence-corrected chi connectivity index (χ2v) is 6.13. The first-order chi connectivity index (χ1) is 10.5. The van der Waals surface area contributed by atoms with Gasteiger partial charge in [-0.3, -0.25) is 9.69 Å². The van der Waals surface area contributed by atoms with Crippen LogP contribution in [0.1, 0.15) is 57.3 Å². The lowest BCUT2D eigenvalue weighted by Crippen LogP contribution is -2.46. The third-order valence-corrected chi connectivity index (χ3v) is 4.05. The molecule has 7 nitrogen and oxygen atoms in total. The molecule has 1 aliphatic rings. The fourth-order valence-electron chi connectivity index (χ4n) is 2.64. The summed E-state index contributed by atoms with van der Waals surface area (Å²) in [5.41, 5.74) is 0.